The topological polar surface area (TPSA) is 440 Å². The summed E-state index contributed by atoms with van der Waals surface area (Å²) < 4.78 is 180. The molecule has 4 aromatic heterocycles. The van der Waals surface area contributed by atoms with E-state index in [1.54, 1.807) is 19.1 Å². The molecule has 4 amide bonds. The molecule has 12 aromatic rings. The summed E-state index contributed by atoms with van der Waals surface area (Å²) in [6, 6.07) is 34.5. The van der Waals surface area contributed by atoms with E-state index in [9.17, 15) is 74.5 Å². The zero-order valence-corrected chi connectivity index (χ0v) is 84.7. The first-order valence-corrected chi connectivity index (χ1v) is 54.6. The van der Waals surface area contributed by atoms with E-state index in [2.05, 4.69) is 27.0 Å². The van der Waals surface area contributed by atoms with Crippen LogP contribution in [0.1, 0.15) is 138 Å². The van der Waals surface area contributed by atoms with Crippen molar-refractivity contribution in [2.45, 2.75) is 79.3 Å². The molecule has 42 heteroatoms. The van der Waals surface area contributed by atoms with E-state index in [1.807, 2.05) is 38.1 Å². The first kappa shape index (κ1) is 97.5. The molecule has 0 spiro atoms. The Balaban J connectivity index is 0.000000172. The summed E-state index contributed by atoms with van der Waals surface area (Å²) in [7, 11) is -10.0. The molecule has 0 radical (unpaired) electrons. The number of rotatable bonds is 22. The number of benzene rings is 8. The summed E-state index contributed by atoms with van der Waals surface area (Å²) >= 11 is 5.91. The molecule has 4 N–H and O–H groups in total. The van der Waals surface area contributed by atoms with Crippen molar-refractivity contribution >= 4 is 163 Å². The normalized spacial score (nSPS) is 19.0. The number of hydrogen-bond donors (Lipinski definition) is 4. The molecule has 4 atom stereocenters. The van der Waals surface area contributed by atoms with Gasteiger partial charge in [-0.05, 0) is 161 Å². The van der Waals surface area contributed by atoms with Gasteiger partial charge < -0.3 is 86.0 Å². The minimum atomic E-state index is -5.04. The highest BCUT2D eigenvalue weighted by molar-refractivity contribution is 8.06. The van der Waals surface area contributed by atoms with E-state index in [1.165, 1.54) is 143 Å². The van der Waals surface area contributed by atoms with Gasteiger partial charge in [-0.1, -0.05) is 49.4 Å². The molecule has 0 saturated carbocycles. The number of carbonyl (C=O) groups excluding carboxylic acids is 6. The molecule has 8 aromatic carbocycles. The Labute approximate surface area is 851 Å². The predicted octanol–water partition coefficient (Wildman–Crippen LogP) is 15.0. The van der Waals surface area contributed by atoms with Crippen molar-refractivity contribution in [3.05, 3.63) is 277 Å². The van der Waals surface area contributed by atoms with Crippen LogP contribution in [0.3, 0.4) is 0 Å². The van der Waals surface area contributed by atoms with Gasteiger partial charge in [0.2, 0.25) is 21.3 Å². The van der Waals surface area contributed by atoms with Crippen LogP contribution in [0.4, 0.5) is 5.69 Å². The Hall–Kier alpha value is -14.6. The van der Waals surface area contributed by atoms with Gasteiger partial charge in [-0.3, -0.25) is 42.8 Å². The second-order valence-electron chi connectivity index (χ2n) is 34.4. The van der Waals surface area contributed by atoms with Crippen LogP contribution in [0.15, 0.2) is 178 Å². The molecule has 0 bridgehead atoms. The Morgan fingerprint density at radius 2 is 0.760 bits per heavy atom. The number of carboxylic acid groups (broad SMARTS) is 2. The lowest BCUT2D eigenvalue weighted by Crippen LogP contribution is -2.29. The number of thiophene rings is 4. The fraction of sp³-hybridized carbons (Fsp3) is 0.231. The van der Waals surface area contributed by atoms with Crippen LogP contribution in [0, 0.1) is 32.0 Å². The number of hydrogen-bond acceptors (Lipinski definition) is 32. The molecule has 748 valence electrons. The van der Waals surface area contributed by atoms with Gasteiger partial charge in [-0.2, -0.15) is 16.8 Å². The second-order valence-corrected chi connectivity index (χ2v) is 46.0. The summed E-state index contributed by atoms with van der Waals surface area (Å²) in [5, 5.41) is 19.3. The lowest BCUT2D eigenvalue weighted by Gasteiger charge is -2.18. The molecular formula is C104H84N2O32S8+2. The van der Waals surface area contributed by atoms with Crippen LogP contribution in [0.2, 0.25) is 0 Å². The maximum Gasteiger partial charge on any atom is 0.336 e. The van der Waals surface area contributed by atoms with Gasteiger partial charge in [0, 0.05) is 63.9 Å². The van der Waals surface area contributed by atoms with Crippen LogP contribution in [-0.2, 0) is 78.9 Å². The number of fused-ring (bicyclic) bond motifs is 6. The van der Waals surface area contributed by atoms with Gasteiger partial charge in [0.15, 0.2) is 79.6 Å². The molecular weight excluding hydrogens is 2050 g/mol. The molecule has 10 aliphatic heterocycles. The number of ether oxygens (including phenoxy) is 16. The third-order valence-electron chi connectivity index (χ3n) is 25.1. The van der Waals surface area contributed by atoms with Crippen molar-refractivity contribution in [2.75, 3.05) is 91.2 Å². The van der Waals surface area contributed by atoms with E-state index >= 15 is 0 Å². The number of amides is 4. The molecule has 34 nitrogen and oxygen atoms in total. The minimum Gasteiger partial charge on any atom is -0.485 e. The average Bonchev–Trinajstić information content (AvgIpc) is 1.59. The summed E-state index contributed by atoms with van der Waals surface area (Å²) in [6.07, 6.45) is -0.488. The maximum absolute atomic E-state index is 14.0. The fourth-order valence-corrected chi connectivity index (χ4v) is 29.9. The van der Waals surface area contributed by atoms with Crippen molar-refractivity contribution < 1.29 is 150 Å². The molecule has 0 fully saturated rings. The molecule has 10 aliphatic rings. The first-order chi connectivity index (χ1) is 70.1. The molecule has 146 heavy (non-hydrogen) atoms. The SMILES string of the molecule is C=c1s/c(=c2/s/c(=C3\C4=C(OCCO4)C(C)[S+]3Cc3cc(C)ccc3Oc3ccc(CC(=O)c4cc(Oc5ccc(C(=O)O)c(C(=O)CC)c5)ccc4C(=O)O)cc3S(=O)(=O)O)c3c2OCCO3)c2c1OCCO2.C=c1s/c(=c2/s/c(=C3\C4=C(OCCO4)C(C)[S+]3Cc3cc(C)ccc3Oc3ccc(N4C(=O)c5ccc(Oc6ccc7c(c6)C(=O)N(C)C7=O)cc5C4=O)cc3S(=O)(=O)O)c3c2OCCO3)c2c1OCCO2. The van der Waals surface area contributed by atoms with Gasteiger partial charge >= 0.3 is 11.9 Å². The fourth-order valence-electron chi connectivity index (χ4n) is 18.3. The van der Waals surface area contributed by atoms with Gasteiger partial charge in [0.05, 0.1) is 66.3 Å². The number of nitrogens with zero attached hydrogens (tertiary/aromatic N) is 2. The zero-order chi connectivity index (χ0) is 102. The molecule has 4 unspecified atom stereocenters. The second kappa shape index (κ2) is 38.7. The minimum absolute atomic E-state index is 0.00199. The van der Waals surface area contributed by atoms with E-state index in [0.717, 1.165) is 85.2 Å². The van der Waals surface area contributed by atoms with Crippen molar-refractivity contribution in [3.63, 3.8) is 0 Å². The molecule has 0 aliphatic carbocycles. The Morgan fingerprint density at radius 3 is 1.21 bits per heavy atom. The standard InChI is InChI=1S/C53H44O17S4.C51H38N2O15S4/c1-5-37(54)35-23-31(8-10-33(35)52(56)57)69-32-9-11-34(53(58)59)36(24-32)38(55)21-29-7-13-40(41(22-29)74(60,61)62)70-39-12-6-26(2)20-30(39)25-73-28(4)43-47(68-19-15-64-43)51(73)50-46-45(66-17-18-67-46)49(72-50)48-44-42(27(3)71-48)63-14-16-65-44;1-24-5-11-35(27(19-24)23-71-26(3)39-43(66-18-14-62-39)47(71)46-42-41(64-16-17-65-42)45(70-46)44-40-38(25(2)69-44)61-13-15-63-40)68-36-12-6-28(20-37(36)72(58,59)60)53-50(56)32-10-8-30(22-34(32)51(53)57)67-29-7-9-31-33(21-29)49(55)52(4)48(31)54/h6-13,20,22-24,28H,3,5,14-19,21,25H2,1-2,4H3,(H2-,56,57,58,59,60,61,62);5-12,19-22,26H,2,13-18,23H2,1,3-4H3/p+2/b49-48+,51-50+;45-44+,47-46+. The average molecular weight is 2130 g/mol. The van der Waals surface area contributed by atoms with E-state index in [4.69, 9.17) is 75.8 Å². The van der Waals surface area contributed by atoms with E-state index in [0.29, 0.717) is 182 Å². The van der Waals surface area contributed by atoms with Crippen LogP contribution < -0.4 is 79.9 Å². The summed E-state index contributed by atoms with van der Waals surface area (Å²) in [5.74, 6) is 2.35. The largest absolute Gasteiger partial charge is 0.485 e. The van der Waals surface area contributed by atoms with Crippen LogP contribution in [0.25, 0.3) is 23.0 Å². The molecule has 0 saturated heterocycles. The Bertz CT molecular complexity index is 8510. The first-order valence-electron chi connectivity index (χ1n) is 45.5. The number of Topliss-reactive ketones (excluding diaryl/α,β-unsaturated/α-hetero) is 2. The quantitative estimate of drug-likeness (QED) is 0.0212. The lowest BCUT2D eigenvalue weighted by molar-refractivity contribution is 0.0680. The molecule has 22 rings (SSSR count). The van der Waals surface area contributed by atoms with Crippen molar-refractivity contribution in [3.8, 4) is 92.0 Å². The number of aryl methyl sites for hydroxylation is 2. The van der Waals surface area contributed by atoms with E-state index in [-0.39, 0.29) is 107 Å². The monoisotopic (exact) mass is 2130 g/mol. The number of aromatic carboxylic acids is 2. The highest BCUT2D eigenvalue weighted by Gasteiger charge is 2.54. The number of ketones is 2. The lowest BCUT2D eigenvalue weighted by atomic mass is 9.98. The molecule has 14 heterocycles. The zero-order valence-electron chi connectivity index (χ0n) is 78.1. The summed E-state index contributed by atoms with van der Waals surface area (Å²) in [5.41, 5.74) is 2.57. The van der Waals surface area contributed by atoms with Crippen molar-refractivity contribution in [1.82, 2.24) is 4.90 Å². The van der Waals surface area contributed by atoms with Gasteiger partial charge in [0.25, 0.3) is 43.9 Å². The van der Waals surface area contributed by atoms with Crippen molar-refractivity contribution in [1.29, 1.82) is 0 Å². The predicted molar refractivity (Wildman–Crippen MR) is 537 cm³/mol. The number of anilines is 1. The van der Waals surface area contributed by atoms with Gasteiger partial charge in [-0.25, -0.2) is 14.5 Å². The highest BCUT2D eigenvalue weighted by Crippen LogP contribution is 2.52. The van der Waals surface area contributed by atoms with Gasteiger partial charge in [-0.15, -0.1) is 45.3 Å². The Kier molecular flexibility index (Phi) is 25.9. The Morgan fingerprint density at radius 1 is 0.397 bits per heavy atom. The van der Waals surface area contributed by atoms with Crippen molar-refractivity contribution in [2.24, 2.45) is 0 Å². The number of imide groups is 2. The smallest absolute Gasteiger partial charge is 0.336 e. The van der Waals surface area contributed by atoms with Crippen LogP contribution in [-0.4, -0.2) is 185 Å². The highest BCUT2D eigenvalue weighted by atomic mass is 32.2. The summed E-state index contributed by atoms with van der Waals surface area (Å²) in [4.78, 5) is 106. The van der Waals surface area contributed by atoms with E-state index < -0.39 is 105 Å². The van der Waals surface area contributed by atoms with Crippen LogP contribution >= 0.6 is 45.3 Å². The van der Waals surface area contributed by atoms with Crippen LogP contribution in [0.5, 0.6) is 92.0 Å². The van der Waals surface area contributed by atoms with Gasteiger partial charge in [0.1, 0.15) is 156 Å². The maximum atomic E-state index is 14.0. The number of carbonyl (C=O) groups is 8. The number of carboxylic acids is 2. The summed E-state index contributed by atoms with van der Waals surface area (Å²) in [6.45, 7) is 22.3. The third kappa shape index (κ3) is 17.9. The third-order valence-corrected chi connectivity index (χ3v) is 37.0.